The molecule has 1 saturated heterocycles. The Morgan fingerprint density at radius 1 is 1.44 bits per heavy atom. The van der Waals surface area contributed by atoms with E-state index in [0.29, 0.717) is 22.3 Å². The van der Waals surface area contributed by atoms with Crippen molar-refractivity contribution in [1.82, 2.24) is 4.90 Å². The number of benzene rings is 1. The van der Waals surface area contributed by atoms with Crippen LogP contribution < -0.4 is 0 Å². The average Bonchev–Trinajstić information content (AvgIpc) is 2.39. The van der Waals surface area contributed by atoms with Gasteiger partial charge in [-0.15, -0.1) is 0 Å². The number of ether oxygens (including phenoxy) is 1. The molecule has 96 valence electrons. The number of carbonyl (C=O) groups excluding carboxylic acids is 1. The highest BCUT2D eigenvalue weighted by Gasteiger charge is 2.36. The fraction of sp³-hybridized carbons (Fsp3) is 0.333. The van der Waals surface area contributed by atoms with Gasteiger partial charge in [-0.1, -0.05) is 24.3 Å². The number of amides is 1. The Morgan fingerprint density at radius 2 is 2.11 bits per heavy atom. The number of halogens is 1. The molecule has 1 amide bonds. The van der Waals surface area contributed by atoms with Gasteiger partial charge >= 0.3 is 6.09 Å². The summed E-state index contributed by atoms with van der Waals surface area (Å²) in [6, 6.07) is 6.20. The monoisotopic (exact) mass is 253 g/mol. The number of carboxylic acid groups (broad SMARTS) is 1. The van der Waals surface area contributed by atoms with Crippen LogP contribution in [0.15, 0.2) is 24.3 Å². The third-order valence-corrected chi connectivity index (χ3v) is 2.82. The summed E-state index contributed by atoms with van der Waals surface area (Å²) in [5, 5.41) is 8.84. The molecule has 0 saturated carbocycles. The number of hydrogen-bond donors (Lipinski definition) is 1. The van der Waals surface area contributed by atoms with Crippen molar-refractivity contribution >= 4 is 12.4 Å². The van der Waals surface area contributed by atoms with Gasteiger partial charge in [0.05, 0.1) is 13.2 Å². The van der Waals surface area contributed by atoms with Crippen molar-refractivity contribution in [3.8, 4) is 0 Å². The van der Waals surface area contributed by atoms with E-state index in [1.807, 2.05) is 0 Å². The van der Waals surface area contributed by atoms with Crippen molar-refractivity contribution in [1.29, 1.82) is 0 Å². The Hall–Kier alpha value is -1.95. The molecule has 0 radical (unpaired) electrons. The fourth-order valence-electron chi connectivity index (χ4n) is 1.86. The maximum Gasteiger partial charge on any atom is 0.409 e. The number of aldehydes is 1. The van der Waals surface area contributed by atoms with E-state index in [9.17, 15) is 14.0 Å². The van der Waals surface area contributed by atoms with E-state index in [-0.39, 0.29) is 13.2 Å². The second kappa shape index (κ2) is 5.14. The SMILES string of the molecule is O=Cc1ccc(C2OCCN(C(=O)O)C2F)cc1. The normalized spacial score (nSPS) is 23.7. The zero-order chi connectivity index (χ0) is 13.1. The number of hydrogen-bond acceptors (Lipinski definition) is 3. The van der Waals surface area contributed by atoms with E-state index in [1.54, 1.807) is 12.1 Å². The van der Waals surface area contributed by atoms with Gasteiger partial charge in [0.15, 0.2) is 0 Å². The molecule has 1 aliphatic heterocycles. The lowest BCUT2D eigenvalue weighted by Gasteiger charge is -2.34. The van der Waals surface area contributed by atoms with Crippen LogP contribution in [0, 0.1) is 0 Å². The molecule has 2 unspecified atom stereocenters. The molecule has 2 rings (SSSR count). The van der Waals surface area contributed by atoms with Crippen LogP contribution in [0.2, 0.25) is 0 Å². The number of rotatable bonds is 2. The molecular weight excluding hydrogens is 241 g/mol. The maximum absolute atomic E-state index is 14.0. The first-order chi connectivity index (χ1) is 8.63. The first-order valence-corrected chi connectivity index (χ1v) is 5.44. The third kappa shape index (κ3) is 2.33. The maximum atomic E-state index is 14.0. The summed E-state index contributed by atoms with van der Waals surface area (Å²) in [7, 11) is 0. The molecule has 0 aliphatic carbocycles. The topological polar surface area (TPSA) is 66.8 Å². The van der Waals surface area contributed by atoms with Gasteiger partial charge in [0.25, 0.3) is 0 Å². The standard InChI is InChI=1S/C12H12FNO4/c13-11-10(18-6-5-14(11)12(16)17)9-3-1-8(7-15)2-4-9/h1-4,7,10-11H,5-6H2,(H,16,17). The zero-order valence-corrected chi connectivity index (χ0v) is 9.45. The summed E-state index contributed by atoms with van der Waals surface area (Å²) in [5.74, 6) is 0. The van der Waals surface area contributed by atoms with Crippen LogP contribution in [0.1, 0.15) is 22.0 Å². The minimum Gasteiger partial charge on any atom is -0.465 e. The molecule has 1 N–H and O–H groups in total. The summed E-state index contributed by atoms with van der Waals surface area (Å²) in [6.45, 7) is 0.159. The van der Waals surface area contributed by atoms with Gasteiger partial charge in [-0.05, 0) is 5.56 Å². The van der Waals surface area contributed by atoms with Crippen molar-refractivity contribution in [2.24, 2.45) is 0 Å². The number of alkyl halides is 1. The highest BCUT2D eigenvalue weighted by atomic mass is 19.1. The minimum atomic E-state index is -1.74. The van der Waals surface area contributed by atoms with E-state index < -0.39 is 18.5 Å². The van der Waals surface area contributed by atoms with E-state index in [0.717, 1.165) is 0 Å². The van der Waals surface area contributed by atoms with E-state index in [1.165, 1.54) is 12.1 Å². The van der Waals surface area contributed by atoms with Crippen LogP contribution in [0.3, 0.4) is 0 Å². The second-order valence-electron chi connectivity index (χ2n) is 3.92. The first-order valence-electron chi connectivity index (χ1n) is 5.44. The molecule has 0 spiro atoms. The van der Waals surface area contributed by atoms with Crippen molar-refractivity contribution in [3.05, 3.63) is 35.4 Å². The highest BCUT2D eigenvalue weighted by Crippen LogP contribution is 2.29. The number of morpholine rings is 1. The van der Waals surface area contributed by atoms with E-state index in [4.69, 9.17) is 9.84 Å². The molecule has 18 heavy (non-hydrogen) atoms. The molecule has 2 atom stereocenters. The Morgan fingerprint density at radius 3 is 2.67 bits per heavy atom. The summed E-state index contributed by atoms with van der Waals surface area (Å²) in [5.41, 5.74) is 0.985. The van der Waals surface area contributed by atoms with Gasteiger partial charge in [0, 0.05) is 5.56 Å². The van der Waals surface area contributed by atoms with Crippen LogP contribution in [0.5, 0.6) is 0 Å². The lowest BCUT2D eigenvalue weighted by molar-refractivity contribution is -0.110. The van der Waals surface area contributed by atoms with Crippen LogP contribution in [0.4, 0.5) is 9.18 Å². The lowest BCUT2D eigenvalue weighted by Crippen LogP contribution is -2.47. The van der Waals surface area contributed by atoms with Crippen LogP contribution in [-0.4, -0.2) is 41.8 Å². The van der Waals surface area contributed by atoms with Crippen molar-refractivity contribution in [2.75, 3.05) is 13.2 Å². The van der Waals surface area contributed by atoms with Crippen molar-refractivity contribution in [3.63, 3.8) is 0 Å². The quantitative estimate of drug-likeness (QED) is 0.645. The van der Waals surface area contributed by atoms with Crippen LogP contribution in [0.25, 0.3) is 0 Å². The summed E-state index contributed by atoms with van der Waals surface area (Å²) in [4.78, 5) is 22.0. The summed E-state index contributed by atoms with van der Waals surface area (Å²) < 4.78 is 19.2. The van der Waals surface area contributed by atoms with Gasteiger partial charge in [0.2, 0.25) is 6.30 Å². The Kier molecular flexibility index (Phi) is 3.57. The van der Waals surface area contributed by atoms with Gasteiger partial charge in [-0.2, -0.15) is 0 Å². The van der Waals surface area contributed by atoms with Gasteiger partial charge in [0.1, 0.15) is 12.4 Å². The highest BCUT2D eigenvalue weighted by molar-refractivity contribution is 5.74. The van der Waals surface area contributed by atoms with Gasteiger partial charge in [-0.3, -0.25) is 9.69 Å². The predicted octanol–water partition coefficient (Wildman–Crippen LogP) is 1.85. The second-order valence-corrected chi connectivity index (χ2v) is 3.92. The molecule has 5 nitrogen and oxygen atoms in total. The number of carbonyl (C=O) groups is 2. The van der Waals surface area contributed by atoms with E-state index >= 15 is 0 Å². The Labute approximate surface area is 103 Å². The van der Waals surface area contributed by atoms with Gasteiger partial charge < -0.3 is 9.84 Å². The van der Waals surface area contributed by atoms with Crippen LogP contribution in [-0.2, 0) is 4.74 Å². The first kappa shape index (κ1) is 12.5. The van der Waals surface area contributed by atoms with Crippen molar-refractivity contribution in [2.45, 2.75) is 12.4 Å². The average molecular weight is 253 g/mol. The largest absolute Gasteiger partial charge is 0.465 e. The molecular formula is C12H12FNO4. The summed E-state index contributed by atoms with van der Waals surface area (Å²) >= 11 is 0. The third-order valence-electron chi connectivity index (χ3n) is 2.82. The minimum absolute atomic E-state index is 0.0133. The van der Waals surface area contributed by atoms with Crippen LogP contribution >= 0.6 is 0 Å². The molecule has 1 heterocycles. The zero-order valence-electron chi connectivity index (χ0n) is 9.45. The molecule has 1 aromatic rings. The molecule has 0 aromatic heterocycles. The molecule has 1 aromatic carbocycles. The van der Waals surface area contributed by atoms with Crippen molar-refractivity contribution < 1.29 is 23.8 Å². The number of nitrogens with zero attached hydrogens (tertiary/aromatic N) is 1. The lowest BCUT2D eigenvalue weighted by atomic mass is 10.1. The fourth-order valence-corrected chi connectivity index (χ4v) is 1.86. The molecule has 1 fully saturated rings. The van der Waals surface area contributed by atoms with E-state index in [2.05, 4.69) is 0 Å². The smallest absolute Gasteiger partial charge is 0.409 e. The summed E-state index contributed by atoms with van der Waals surface area (Å²) in [6.07, 6.45) is -3.31. The molecule has 1 aliphatic rings. The predicted molar refractivity (Wildman–Crippen MR) is 60.1 cm³/mol. The Bertz CT molecular complexity index is 448. The molecule has 6 heteroatoms. The Balaban J connectivity index is 2.20. The molecule has 0 bridgehead atoms. The van der Waals surface area contributed by atoms with Gasteiger partial charge in [-0.25, -0.2) is 9.18 Å².